The number of hydrogen-bond donors (Lipinski definition) is 2. The van der Waals surface area contributed by atoms with Gasteiger partial charge in [-0.25, -0.2) is 0 Å². The van der Waals surface area contributed by atoms with Crippen molar-refractivity contribution in [2.75, 3.05) is 6.67 Å². The van der Waals surface area contributed by atoms with Crippen molar-refractivity contribution in [1.82, 2.24) is 5.43 Å². The van der Waals surface area contributed by atoms with E-state index in [0.717, 1.165) is 0 Å². The van der Waals surface area contributed by atoms with Gasteiger partial charge in [0.2, 0.25) is 0 Å². The number of hydrogen-bond acceptors (Lipinski definition) is 3. The molecule has 0 bridgehead atoms. The second-order valence-corrected chi connectivity index (χ2v) is 0.955. The van der Waals surface area contributed by atoms with E-state index in [4.69, 9.17) is 5.73 Å². The van der Waals surface area contributed by atoms with Gasteiger partial charge in [0.05, 0.1) is 0 Å². The van der Waals surface area contributed by atoms with Gasteiger partial charge < -0.3 is 16.6 Å². The van der Waals surface area contributed by atoms with Crippen LogP contribution in [0, 0.1) is 0 Å². The Morgan fingerprint density at radius 2 is 2.83 bits per heavy atom. The Hall–Kier alpha value is -0.770. The van der Waals surface area contributed by atoms with Gasteiger partial charge in [-0.15, -0.1) is 0 Å². The number of guanidine groups is 1. The second-order valence-electron chi connectivity index (χ2n) is 0.955. The summed E-state index contributed by atoms with van der Waals surface area (Å²) in [5.74, 6) is 0.412. The van der Waals surface area contributed by atoms with Gasteiger partial charge >= 0.3 is 0 Å². The topological polar surface area (TPSA) is 64.5 Å². The Morgan fingerprint density at radius 1 is 2.00 bits per heavy atom. The monoisotopic (exact) mass is 85.1 g/mol. The van der Waals surface area contributed by atoms with Crippen LogP contribution in [0.5, 0.6) is 0 Å². The molecule has 0 unspecified atom stereocenters. The molecule has 0 aromatic rings. The number of nitrogens with zero attached hydrogens (tertiary/aromatic N) is 2. The van der Waals surface area contributed by atoms with Crippen LogP contribution in [0.25, 0.3) is 5.43 Å². The molecule has 3 N–H and O–H groups in total. The van der Waals surface area contributed by atoms with E-state index in [1.54, 1.807) is 0 Å². The van der Waals surface area contributed by atoms with Crippen molar-refractivity contribution in [1.29, 1.82) is 0 Å². The lowest BCUT2D eigenvalue weighted by Crippen LogP contribution is -2.22. The van der Waals surface area contributed by atoms with Gasteiger partial charge in [0.25, 0.3) is 0 Å². The molecule has 0 spiro atoms. The van der Waals surface area contributed by atoms with Crippen LogP contribution in [0.2, 0.25) is 0 Å². The fourth-order valence-electron chi connectivity index (χ4n) is 0.263. The van der Waals surface area contributed by atoms with E-state index in [1.165, 1.54) is 0 Å². The fourth-order valence-corrected chi connectivity index (χ4v) is 0.263. The van der Waals surface area contributed by atoms with Crippen LogP contribution in [0.15, 0.2) is 4.99 Å². The van der Waals surface area contributed by atoms with Crippen LogP contribution >= 0.6 is 0 Å². The van der Waals surface area contributed by atoms with Crippen molar-refractivity contribution < 1.29 is 0 Å². The maximum Gasteiger partial charge on any atom is 0.169 e. The summed E-state index contributed by atoms with van der Waals surface area (Å²) in [6.07, 6.45) is 0. The number of aliphatic imine (C=N–C) groups is 1. The highest BCUT2D eigenvalue weighted by atomic mass is 15.5. The largest absolute Gasteiger partial charge is 0.550 e. The van der Waals surface area contributed by atoms with Crippen molar-refractivity contribution in [3.05, 3.63) is 5.43 Å². The molecule has 0 radical (unpaired) electrons. The molecule has 0 atom stereocenters. The minimum atomic E-state index is 0.412. The molecule has 0 saturated heterocycles. The lowest BCUT2D eigenvalue weighted by molar-refractivity contribution is 1.14. The lowest BCUT2D eigenvalue weighted by Gasteiger charge is -2.06. The Bertz CT molecular complexity index is 75.6. The SMILES string of the molecule is NC1=NC[N-]N1. The van der Waals surface area contributed by atoms with Crippen molar-refractivity contribution in [3.8, 4) is 0 Å². The predicted octanol–water partition coefficient (Wildman–Crippen LogP) is -0.850. The molecule has 1 rings (SSSR count). The summed E-state index contributed by atoms with van der Waals surface area (Å²) in [5.41, 5.74) is 11.1. The average Bonchev–Trinajstić information content (AvgIpc) is 1.86. The lowest BCUT2D eigenvalue weighted by atomic mass is 11.1. The Labute approximate surface area is 35.4 Å². The van der Waals surface area contributed by atoms with Crippen molar-refractivity contribution in [2.24, 2.45) is 10.7 Å². The molecule has 0 aromatic heterocycles. The average molecular weight is 85.1 g/mol. The van der Waals surface area contributed by atoms with Crippen molar-refractivity contribution in [2.45, 2.75) is 0 Å². The third kappa shape index (κ3) is 0.414. The molecule has 34 valence electrons. The molecule has 6 heavy (non-hydrogen) atoms. The van der Waals surface area contributed by atoms with E-state index >= 15 is 0 Å². The quantitative estimate of drug-likeness (QED) is 0.402. The highest BCUT2D eigenvalue weighted by Gasteiger charge is 1.81. The minimum Gasteiger partial charge on any atom is -0.550 e. The molecule has 1 aliphatic heterocycles. The van der Waals surface area contributed by atoms with E-state index in [1.807, 2.05) is 0 Å². The first-order valence-electron chi connectivity index (χ1n) is 1.62. The summed E-state index contributed by atoms with van der Waals surface area (Å²) in [6, 6.07) is 0. The normalized spacial score (nSPS) is 19.7. The summed E-state index contributed by atoms with van der Waals surface area (Å²) in [4.78, 5) is 3.65. The molecule has 0 amide bonds. The van der Waals surface area contributed by atoms with Gasteiger partial charge in [0.1, 0.15) is 0 Å². The van der Waals surface area contributed by atoms with E-state index in [2.05, 4.69) is 15.8 Å². The minimum absolute atomic E-state index is 0.412. The second kappa shape index (κ2) is 1.14. The molecular weight excluding hydrogens is 80.1 g/mol. The zero-order valence-corrected chi connectivity index (χ0v) is 3.18. The van der Waals surface area contributed by atoms with E-state index < -0.39 is 0 Å². The summed E-state index contributed by atoms with van der Waals surface area (Å²) < 4.78 is 0. The first-order valence-corrected chi connectivity index (χ1v) is 1.62. The Kier molecular flexibility index (Phi) is 0.648. The van der Waals surface area contributed by atoms with Crippen molar-refractivity contribution in [3.63, 3.8) is 0 Å². The Morgan fingerprint density at radius 3 is 3.00 bits per heavy atom. The molecular formula is C2H5N4-. The molecule has 0 aromatic carbocycles. The van der Waals surface area contributed by atoms with Crippen LogP contribution in [-0.2, 0) is 0 Å². The Balaban J connectivity index is 2.45. The molecule has 4 nitrogen and oxygen atoms in total. The van der Waals surface area contributed by atoms with Crippen LogP contribution in [0.1, 0.15) is 0 Å². The predicted molar refractivity (Wildman–Crippen MR) is 23.0 cm³/mol. The standard InChI is InChI=1S/C2H5N4/c3-2-4-1-5-6-2/h1H2,(H3,3,4,6)/q-1. The van der Waals surface area contributed by atoms with Gasteiger partial charge in [-0.3, -0.25) is 4.99 Å². The molecule has 0 saturated carbocycles. The number of nitrogens with two attached hydrogens (primary N) is 1. The summed E-state index contributed by atoms with van der Waals surface area (Å²) in [6.45, 7) is 0.464. The smallest absolute Gasteiger partial charge is 0.169 e. The van der Waals surface area contributed by atoms with Gasteiger partial charge in [-0.2, -0.15) is 0 Å². The van der Waals surface area contributed by atoms with Crippen LogP contribution < -0.4 is 11.2 Å². The number of nitrogens with one attached hydrogen (secondary N) is 1. The molecule has 0 aliphatic carbocycles. The highest BCUT2D eigenvalue weighted by Crippen LogP contribution is 1.85. The molecule has 1 aliphatic rings. The van der Waals surface area contributed by atoms with E-state index in [9.17, 15) is 0 Å². The van der Waals surface area contributed by atoms with Gasteiger partial charge in [0.15, 0.2) is 5.96 Å². The molecule has 1 heterocycles. The van der Waals surface area contributed by atoms with E-state index in [0.29, 0.717) is 12.6 Å². The van der Waals surface area contributed by atoms with Gasteiger partial charge in [-0.05, 0) is 6.67 Å². The zero-order chi connectivity index (χ0) is 4.41. The summed E-state index contributed by atoms with van der Waals surface area (Å²) in [5, 5.41) is 0. The summed E-state index contributed by atoms with van der Waals surface area (Å²) >= 11 is 0. The van der Waals surface area contributed by atoms with Crippen LogP contribution in [-0.4, -0.2) is 12.6 Å². The van der Waals surface area contributed by atoms with Gasteiger partial charge in [-0.1, -0.05) is 0 Å². The first kappa shape index (κ1) is 3.42. The first-order chi connectivity index (χ1) is 2.89. The maximum atomic E-state index is 5.08. The van der Waals surface area contributed by atoms with Crippen LogP contribution in [0.3, 0.4) is 0 Å². The number of rotatable bonds is 0. The third-order valence-corrected chi connectivity index (χ3v) is 0.505. The third-order valence-electron chi connectivity index (χ3n) is 0.505. The zero-order valence-electron chi connectivity index (χ0n) is 3.18. The highest BCUT2D eigenvalue weighted by molar-refractivity contribution is 5.80. The van der Waals surface area contributed by atoms with Crippen LogP contribution in [0.4, 0.5) is 0 Å². The molecule has 0 fully saturated rings. The van der Waals surface area contributed by atoms with E-state index in [-0.39, 0.29) is 0 Å². The van der Waals surface area contributed by atoms with Gasteiger partial charge in [0, 0.05) is 0 Å². The maximum absolute atomic E-state index is 5.08. The molecule has 4 heteroatoms. The summed E-state index contributed by atoms with van der Waals surface area (Å²) in [7, 11) is 0. The van der Waals surface area contributed by atoms with Crippen molar-refractivity contribution >= 4 is 5.96 Å². The fraction of sp³-hybridized carbons (Fsp3) is 0.500.